The molecule has 0 atom stereocenters. The van der Waals surface area contributed by atoms with Crippen molar-refractivity contribution in [1.82, 2.24) is 5.32 Å². The molecule has 0 radical (unpaired) electrons. The van der Waals surface area contributed by atoms with E-state index < -0.39 is 0 Å². The molecule has 0 spiro atoms. The van der Waals surface area contributed by atoms with Gasteiger partial charge in [0.15, 0.2) is 0 Å². The van der Waals surface area contributed by atoms with Gasteiger partial charge in [-0.15, -0.1) is 0 Å². The summed E-state index contributed by atoms with van der Waals surface area (Å²) in [7, 11) is 0. The van der Waals surface area contributed by atoms with E-state index in [2.05, 4.69) is 10.6 Å². The maximum absolute atomic E-state index is 12.8. The summed E-state index contributed by atoms with van der Waals surface area (Å²) in [6.07, 6.45) is 1.07. The molecule has 0 saturated heterocycles. The molecule has 0 aromatic heterocycles. The maximum atomic E-state index is 12.8. The van der Waals surface area contributed by atoms with Crippen molar-refractivity contribution in [1.29, 1.82) is 0 Å². The molecule has 0 bridgehead atoms. The largest absolute Gasteiger partial charge is 0.384 e. The monoisotopic (exact) mass is 320 g/mol. The predicted octanol–water partition coefficient (Wildman–Crippen LogP) is 3.64. The Hall–Kier alpha value is -2.07. The lowest BCUT2D eigenvalue weighted by atomic mass is 10.1. The van der Waals surface area contributed by atoms with Gasteiger partial charge in [-0.25, -0.2) is 4.39 Å². The average molecular weight is 321 g/mol. The van der Waals surface area contributed by atoms with Crippen LogP contribution in [0.3, 0.4) is 0 Å². The molecule has 2 rings (SSSR count). The SMILES string of the molecule is O=C(CCNc1cccc(Cl)c1)NCCc1ccc(F)cc1. The van der Waals surface area contributed by atoms with Crippen molar-refractivity contribution >= 4 is 23.2 Å². The molecule has 0 aliphatic carbocycles. The molecule has 0 fully saturated rings. The standard InChI is InChI=1S/C17H18ClFN2O/c18-14-2-1-3-16(12-14)20-11-9-17(22)21-10-8-13-4-6-15(19)7-5-13/h1-7,12,20H,8-11H2,(H,21,22). The highest BCUT2D eigenvalue weighted by molar-refractivity contribution is 6.30. The van der Waals surface area contributed by atoms with Gasteiger partial charge in [0.05, 0.1) is 0 Å². The van der Waals surface area contributed by atoms with E-state index in [1.165, 1.54) is 12.1 Å². The molecular formula is C17H18ClFN2O. The molecule has 0 unspecified atom stereocenters. The molecule has 2 aromatic rings. The molecule has 0 aliphatic heterocycles. The highest BCUT2D eigenvalue weighted by Crippen LogP contribution is 2.14. The quantitative estimate of drug-likeness (QED) is 0.817. The summed E-state index contributed by atoms with van der Waals surface area (Å²) < 4.78 is 12.8. The number of nitrogens with one attached hydrogen (secondary N) is 2. The van der Waals surface area contributed by atoms with Gasteiger partial charge in [0.2, 0.25) is 5.91 Å². The number of carbonyl (C=O) groups excluding carboxylic acids is 1. The van der Waals surface area contributed by atoms with Crippen molar-refractivity contribution < 1.29 is 9.18 Å². The van der Waals surface area contributed by atoms with Crippen LogP contribution in [0.2, 0.25) is 5.02 Å². The summed E-state index contributed by atoms with van der Waals surface area (Å²) in [6, 6.07) is 13.7. The van der Waals surface area contributed by atoms with Gasteiger partial charge >= 0.3 is 0 Å². The second-order valence-electron chi connectivity index (χ2n) is 4.91. The van der Waals surface area contributed by atoms with Gasteiger partial charge in [0, 0.05) is 30.2 Å². The van der Waals surface area contributed by atoms with Crippen LogP contribution < -0.4 is 10.6 Å². The van der Waals surface area contributed by atoms with E-state index >= 15 is 0 Å². The number of hydrogen-bond donors (Lipinski definition) is 2. The Balaban J connectivity index is 1.62. The summed E-state index contributed by atoms with van der Waals surface area (Å²) in [6.45, 7) is 1.09. The van der Waals surface area contributed by atoms with Gasteiger partial charge < -0.3 is 10.6 Å². The first-order valence-electron chi connectivity index (χ1n) is 7.14. The zero-order valence-electron chi connectivity index (χ0n) is 12.1. The molecule has 116 valence electrons. The lowest BCUT2D eigenvalue weighted by molar-refractivity contribution is -0.120. The minimum atomic E-state index is -0.250. The van der Waals surface area contributed by atoms with Crippen LogP contribution in [-0.2, 0) is 11.2 Å². The zero-order chi connectivity index (χ0) is 15.8. The number of benzene rings is 2. The smallest absolute Gasteiger partial charge is 0.221 e. The van der Waals surface area contributed by atoms with Crippen LogP contribution in [0.1, 0.15) is 12.0 Å². The fraction of sp³-hybridized carbons (Fsp3) is 0.235. The molecule has 5 heteroatoms. The van der Waals surface area contributed by atoms with Crippen LogP contribution in [0.25, 0.3) is 0 Å². The Morgan fingerprint density at radius 3 is 2.59 bits per heavy atom. The lowest BCUT2D eigenvalue weighted by Gasteiger charge is -2.08. The Morgan fingerprint density at radius 2 is 1.86 bits per heavy atom. The fourth-order valence-corrected chi connectivity index (χ4v) is 2.19. The molecule has 1 amide bonds. The van der Waals surface area contributed by atoms with E-state index in [0.717, 1.165) is 11.3 Å². The van der Waals surface area contributed by atoms with Gasteiger partial charge in [-0.3, -0.25) is 4.79 Å². The highest BCUT2D eigenvalue weighted by Gasteiger charge is 2.01. The van der Waals surface area contributed by atoms with Gasteiger partial charge in [-0.2, -0.15) is 0 Å². The van der Waals surface area contributed by atoms with E-state index in [9.17, 15) is 9.18 Å². The molecule has 2 aromatic carbocycles. The first kappa shape index (κ1) is 16.3. The second kappa shape index (κ2) is 8.39. The lowest BCUT2D eigenvalue weighted by Crippen LogP contribution is -2.27. The normalized spacial score (nSPS) is 10.3. The van der Waals surface area contributed by atoms with E-state index in [1.807, 2.05) is 18.2 Å². The predicted molar refractivity (Wildman–Crippen MR) is 87.7 cm³/mol. The minimum Gasteiger partial charge on any atom is -0.384 e. The number of amides is 1. The van der Waals surface area contributed by atoms with E-state index in [-0.39, 0.29) is 11.7 Å². The van der Waals surface area contributed by atoms with Gasteiger partial charge in [0.1, 0.15) is 5.82 Å². The van der Waals surface area contributed by atoms with E-state index in [1.54, 1.807) is 18.2 Å². The minimum absolute atomic E-state index is 0.0170. The number of rotatable bonds is 7. The first-order valence-corrected chi connectivity index (χ1v) is 7.52. The van der Waals surface area contributed by atoms with Crippen molar-refractivity contribution in [2.24, 2.45) is 0 Å². The number of carbonyl (C=O) groups is 1. The van der Waals surface area contributed by atoms with Gasteiger partial charge in [-0.1, -0.05) is 29.8 Å². The third-order valence-electron chi connectivity index (χ3n) is 3.15. The van der Waals surface area contributed by atoms with Crippen molar-refractivity contribution in [3.05, 3.63) is 64.9 Å². The Labute approximate surface area is 134 Å². The molecule has 0 saturated carbocycles. The second-order valence-corrected chi connectivity index (χ2v) is 5.35. The molecular weight excluding hydrogens is 303 g/mol. The summed E-state index contributed by atoms with van der Waals surface area (Å²) in [5, 5.41) is 6.65. The average Bonchev–Trinajstić information content (AvgIpc) is 2.49. The zero-order valence-corrected chi connectivity index (χ0v) is 12.9. The third kappa shape index (κ3) is 5.74. The molecule has 0 heterocycles. The van der Waals surface area contributed by atoms with Crippen molar-refractivity contribution in [3.63, 3.8) is 0 Å². The van der Waals surface area contributed by atoms with Crippen LogP contribution in [0.4, 0.5) is 10.1 Å². The van der Waals surface area contributed by atoms with Gasteiger partial charge in [0.25, 0.3) is 0 Å². The summed E-state index contributed by atoms with van der Waals surface area (Å²) >= 11 is 5.88. The molecule has 3 nitrogen and oxygen atoms in total. The molecule has 22 heavy (non-hydrogen) atoms. The summed E-state index contributed by atoms with van der Waals surface area (Å²) in [5.41, 5.74) is 1.89. The van der Waals surface area contributed by atoms with Crippen LogP contribution in [0.15, 0.2) is 48.5 Å². The van der Waals surface area contributed by atoms with Crippen LogP contribution in [0, 0.1) is 5.82 Å². The summed E-state index contributed by atoms with van der Waals surface area (Å²) in [5.74, 6) is -0.267. The number of anilines is 1. The van der Waals surface area contributed by atoms with Gasteiger partial charge in [-0.05, 0) is 42.3 Å². The maximum Gasteiger partial charge on any atom is 0.221 e. The van der Waals surface area contributed by atoms with Crippen LogP contribution in [-0.4, -0.2) is 19.0 Å². The third-order valence-corrected chi connectivity index (χ3v) is 3.39. The summed E-state index contributed by atoms with van der Waals surface area (Å²) in [4.78, 5) is 11.7. The number of halogens is 2. The Kier molecular flexibility index (Phi) is 6.22. The Morgan fingerprint density at radius 1 is 1.09 bits per heavy atom. The van der Waals surface area contributed by atoms with E-state index in [0.29, 0.717) is 31.0 Å². The van der Waals surface area contributed by atoms with Crippen molar-refractivity contribution in [2.75, 3.05) is 18.4 Å². The topological polar surface area (TPSA) is 41.1 Å². The van der Waals surface area contributed by atoms with Crippen LogP contribution in [0.5, 0.6) is 0 Å². The Bertz CT molecular complexity index is 616. The van der Waals surface area contributed by atoms with Crippen molar-refractivity contribution in [3.8, 4) is 0 Å². The molecule has 2 N–H and O–H groups in total. The number of hydrogen-bond acceptors (Lipinski definition) is 2. The van der Waals surface area contributed by atoms with E-state index in [4.69, 9.17) is 11.6 Å². The molecule has 0 aliphatic rings. The fourth-order valence-electron chi connectivity index (χ4n) is 2.00. The van der Waals surface area contributed by atoms with Crippen LogP contribution >= 0.6 is 11.6 Å². The highest BCUT2D eigenvalue weighted by atomic mass is 35.5. The van der Waals surface area contributed by atoms with Crippen molar-refractivity contribution in [2.45, 2.75) is 12.8 Å². The first-order chi connectivity index (χ1) is 10.6.